The molecule has 2 fully saturated rings. The minimum absolute atomic E-state index is 0.0100. The second kappa shape index (κ2) is 11.7. The second-order valence-electron chi connectivity index (χ2n) is 12.6. The van der Waals surface area contributed by atoms with E-state index >= 15 is 0 Å². The lowest BCUT2D eigenvalue weighted by molar-refractivity contribution is -0.198. The Morgan fingerprint density at radius 2 is 1.58 bits per heavy atom. The molecule has 0 aromatic rings. The zero-order chi connectivity index (χ0) is 25.0. The summed E-state index contributed by atoms with van der Waals surface area (Å²) in [5.41, 5.74) is -1.13. The van der Waals surface area contributed by atoms with E-state index < -0.39 is 17.8 Å². The standard InChI is InChI=1S/C27H52O6/c1-18(2)25(5)10-8-9-22(13-25)33-24(27(7,31)17-29)20-11-23(32-16-21(30)15-28)14-26(6,12-20)19(3)4/h18-24,28-31H,8-17H2,1-7H3. The highest BCUT2D eigenvalue weighted by molar-refractivity contribution is 4.98. The lowest BCUT2D eigenvalue weighted by atomic mass is 9.61. The van der Waals surface area contributed by atoms with Crippen molar-refractivity contribution in [3.05, 3.63) is 0 Å². The van der Waals surface area contributed by atoms with Crippen molar-refractivity contribution in [2.24, 2.45) is 28.6 Å². The minimum atomic E-state index is -1.35. The van der Waals surface area contributed by atoms with E-state index in [4.69, 9.17) is 9.47 Å². The van der Waals surface area contributed by atoms with E-state index in [1.54, 1.807) is 6.92 Å². The average Bonchev–Trinajstić information content (AvgIpc) is 2.75. The van der Waals surface area contributed by atoms with Gasteiger partial charge in [0.25, 0.3) is 0 Å². The Morgan fingerprint density at radius 3 is 2.12 bits per heavy atom. The van der Waals surface area contributed by atoms with Crippen molar-refractivity contribution in [3.8, 4) is 0 Å². The summed E-state index contributed by atoms with van der Waals surface area (Å²) in [7, 11) is 0. The molecule has 33 heavy (non-hydrogen) atoms. The van der Waals surface area contributed by atoms with Gasteiger partial charge in [-0.05, 0) is 74.0 Å². The van der Waals surface area contributed by atoms with Crippen molar-refractivity contribution in [1.82, 2.24) is 0 Å². The maximum absolute atomic E-state index is 11.3. The molecule has 2 saturated carbocycles. The van der Waals surface area contributed by atoms with E-state index in [-0.39, 0.29) is 48.8 Å². The topological polar surface area (TPSA) is 99.4 Å². The first-order chi connectivity index (χ1) is 15.3. The highest BCUT2D eigenvalue weighted by atomic mass is 16.5. The molecule has 8 atom stereocenters. The molecule has 4 N–H and O–H groups in total. The number of ether oxygens (including phenoxy) is 2. The van der Waals surface area contributed by atoms with Crippen LogP contribution in [0.15, 0.2) is 0 Å². The van der Waals surface area contributed by atoms with Crippen LogP contribution in [0.2, 0.25) is 0 Å². The van der Waals surface area contributed by atoms with Gasteiger partial charge in [-0.15, -0.1) is 0 Å². The van der Waals surface area contributed by atoms with E-state index in [1.807, 2.05) is 0 Å². The smallest absolute Gasteiger partial charge is 0.111 e. The molecule has 0 aliphatic heterocycles. The molecule has 196 valence electrons. The summed E-state index contributed by atoms with van der Waals surface area (Å²) in [5.74, 6) is 1.000. The van der Waals surface area contributed by atoms with Gasteiger partial charge >= 0.3 is 0 Å². The highest BCUT2D eigenvalue weighted by Crippen LogP contribution is 2.49. The largest absolute Gasteiger partial charge is 0.394 e. The van der Waals surface area contributed by atoms with Crippen LogP contribution in [-0.2, 0) is 9.47 Å². The summed E-state index contributed by atoms with van der Waals surface area (Å²) in [6.07, 6.45) is 5.32. The molecule has 0 saturated heterocycles. The van der Waals surface area contributed by atoms with Gasteiger partial charge < -0.3 is 29.9 Å². The number of hydrogen-bond acceptors (Lipinski definition) is 6. The lowest BCUT2D eigenvalue weighted by Gasteiger charge is -2.50. The van der Waals surface area contributed by atoms with Crippen LogP contribution in [0.5, 0.6) is 0 Å². The van der Waals surface area contributed by atoms with Gasteiger partial charge in [0.1, 0.15) is 11.7 Å². The van der Waals surface area contributed by atoms with Gasteiger partial charge in [0.15, 0.2) is 0 Å². The van der Waals surface area contributed by atoms with Gasteiger partial charge in [-0.3, -0.25) is 0 Å². The van der Waals surface area contributed by atoms with Crippen LogP contribution in [0, 0.1) is 28.6 Å². The molecule has 0 spiro atoms. The highest BCUT2D eigenvalue weighted by Gasteiger charge is 2.49. The second-order valence-corrected chi connectivity index (χ2v) is 12.6. The van der Waals surface area contributed by atoms with Gasteiger partial charge in [-0.2, -0.15) is 0 Å². The fraction of sp³-hybridized carbons (Fsp3) is 1.00. The Kier molecular flexibility index (Phi) is 10.2. The third-order valence-electron chi connectivity index (χ3n) is 9.18. The number of hydrogen-bond donors (Lipinski definition) is 4. The molecule has 8 unspecified atom stereocenters. The summed E-state index contributed by atoms with van der Waals surface area (Å²) in [5, 5.41) is 40.4. The normalized spacial score (nSPS) is 37.2. The van der Waals surface area contributed by atoms with E-state index in [0.717, 1.165) is 32.1 Å². The molecule has 0 aromatic heterocycles. The fourth-order valence-corrected chi connectivity index (χ4v) is 6.00. The summed E-state index contributed by atoms with van der Waals surface area (Å²) < 4.78 is 12.8. The molecular weight excluding hydrogens is 420 g/mol. The van der Waals surface area contributed by atoms with Crippen molar-refractivity contribution in [2.75, 3.05) is 19.8 Å². The van der Waals surface area contributed by atoms with Crippen molar-refractivity contribution in [3.63, 3.8) is 0 Å². The molecule has 2 aliphatic carbocycles. The molecule has 6 heteroatoms. The number of aliphatic hydroxyl groups is 4. The molecule has 0 bridgehead atoms. The first-order valence-electron chi connectivity index (χ1n) is 13.2. The summed E-state index contributed by atoms with van der Waals surface area (Å²) in [6, 6.07) is 0. The van der Waals surface area contributed by atoms with Crippen LogP contribution in [0.1, 0.15) is 93.4 Å². The molecule has 0 amide bonds. The zero-order valence-corrected chi connectivity index (χ0v) is 22.2. The van der Waals surface area contributed by atoms with E-state index in [1.165, 1.54) is 6.42 Å². The van der Waals surface area contributed by atoms with Crippen LogP contribution >= 0.6 is 0 Å². The van der Waals surface area contributed by atoms with Crippen LogP contribution in [0.4, 0.5) is 0 Å². The van der Waals surface area contributed by atoms with E-state index in [0.29, 0.717) is 18.3 Å². The van der Waals surface area contributed by atoms with Gasteiger partial charge in [-0.25, -0.2) is 0 Å². The number of aliphatic hydroxyl groups excluding tert-OH is 3. The van der Waals surface area contributed by atoms with E-state index in [2.05, 4.69) is 41.5 Å². The van der Waals surface area contributed by atoms with Gasteiger partial charge in [-0.1, -0.05) is 48.0 Å². The molecule has 2 aliphatic rings. The van der Waals surface area contributed by atoms with Gasteiger partial charge in [0.05, 0.1) is 38.1 Å². The molecule has 0 radical (unpaired) electrons. The number of rotatable bonds is 11. The molecule has 6 nitrogen and oxygen atoms in total. The van der Waals surface area contributed by atoms with Crippen molar-refractivity contribution in [2.45, 2.75) is 123 Å². The van der Waals surface area contributed by atoms with Gasteiger partial charge in [0.2, 0.25) is 0 Å². The Labute approximate surface area is 202 Å². The molecular formula is C27H52O6. The molecule has 2 rings (SSSR count). The van der Waals surface area contributed by atoms with Gasteiger partial charge in [0, 0.05) is 0 Å². The maximum atomic E-state index is 11.3. The van der Waals surface area contributed by atoms with Crippen molar-refractivity contribution >= 4 is 0 Å². The van der Waals surface area contributed by atoms with E-state index in [9.17, 15) is 20.4 Å². The Morgan fingerprint density at radius 1 is 0.970 bits per heavy atom. The van der Waals surface area contributed by atoms with Crippen molar-refractivity contribution in [1.29, 1.82) is 0 Å². The lowest BCUT2D eigenvalue weighted by Crippen LogP contribution is -2.54. The average molecular weight is 473 g/mol. The quantitative estimate of drug-likeness (QED) is 0.364. The Hall–Kier alpha value is -0.240. The van der Waals surface area contributed by atoms with Crippen LogP contribution in [0.3, 0.4) is 0 Å². The predicted molar refractivity (Wildman–Crippen MR) is 131 cm³/mol. The van der Waals surface area contributed by atoms with Crippen LogP contribution in [-0.4, -0.2) is 70.3 Å². The molecule has 0 aromatic carbocycles. The zero-order valence-electron chi connectivity index (χ0n) is 22.2. The summed E-state index contributed by atoms with van der Waals surface area (Å²) >= 11 is 0. The first kappa shape index (κ1) is 29.0. The fourth-order valence-electron chi connectivity index (χ4n) is 6.00. The Bertz CT molecular complexity index is 593. The summed E-state index contributed by atoms with van der Waals surface area (Å²) in [4.78, 5) is 0. The molecule has 0 heterocycles. The Balaban J connectivity index is 2.26. The maximum Gasteiger partial charge on any atom is 0.111 e. The third-order valence-corrected chi connectivity index (χ3v) is 9.18. The predicted octanol–water partition coefficient (Wildman–Crippen LogP) is 3.92. The summed E-state index contributed by atoms with van der Waals surface area (Å²) in [6.45, 7) is 14.7. The first-order valence-corrected chi connectivity index (χ1v) is 13.2. The third kappa shape index (κ3) is 7.37. The van der Waals surface area contributed by atoms with Crippen molar-refractivity contribution < 1.29 is 29.9 Å². The SMILES string of the molecule is CC(C)C1(C)CCCC(OC(C2CC(OCC(O)CO)CC(C)(C(C)C)C2)C(C)(O)CO)C1. The minimum Gasteiger partial charge on any atom is -0.394 e. The van der Waals surface area contributed by atoms with Crippen LogP contribution < -0.4 is 0 Å². The van der Waals surface area contributed by atoms with Crippen LogP contribution in [0.25, 0.3) is 0 Å². The monoisotopic (exact) mass is 472 g/mol.